The normalized spacial score (nSPS) is 25.4. The van der Waals surface area contributed by atoms with Crippen molar-refractivity contribution in [3.63, 3.8) is 0 Å². The number of anilines is 1. The molecule has 4 heteroatoms. The van der Waals surface area contributed by atoms with Crippen LogP contribution < -0.4 is 5.73 Å². The Hall–Kier alpha value is -1.03. The molecule has 0 aromatic carbocycles. The van der Waals surface area contributed by atoms with Gasteiger partial charge >= 0.3 is 0 Å². The third-order valence-corrected chi connectivity index (χ3v) is 2.60. The first-order valence-corrected chi connectivity index (χ1v) is 5.01. The van der Waals surface area contributed by atoms with Gasteiger partial charge in [-0.3, -0.25) is 4.68 Å². The Morgan fingerprint density at radius 3 is 3.00 bits per heavy atom. The predicted octanol–water partition coefficient (Wildman–Crippen LogP) is 1.42. The molecule has 1 fully saturated rings. The highest BCUT2D eigenvalue weighted by molar-refractivity contribution is 5.30. The Morgan fingerprint density at radius 2 is 2.50 bits per heavy atom. The molecule has 1 aliphatic rings. The molecule has 0 radical (unpaired) electrons. The van der Waals surface area contributed by atoms with E-state index in [-0.39, 0.29) is 11.7 Å². The van der Waals surface area contributed by atoms with Gasteiger partial charge in [0.1, 0.15) is 0 Å². The molecule has 2 rings (SSSR count). The van der Waals surface area contributed by atoms with Gasteiger partial charge in [0.2, 0.25) is 0 Å². The Labute approximate surface area is 84.0 Å². The molecule has 4 nitrogen and oxygen atoms in total. The molecule has 2 N–H and O–H groups in total. The summed E-state index contributed by atoms with van der Waals surface area (Å²) < 4.78 is 7.71. The van der Waals surface area contributed by atoms with Gasteiger partial charge in [-0.05, 0) is 26.7 Å². The van der Waals surface area contributed by atoms with Crippen molar-refractivity contribution in [2.75, 3.05) is 5.73 Å². The summed E-state index contributed by atoms with van der Waals surface area (Å²) in [6, 6.07) is 0. The minimum Gasteiger partial charge on any atom is -0.396 e. The number of nitrogen functional groups attached to an aromatic ring is 1. The number of nitrogens with zero attached hydrogens (tertiary/aromatic N) is 2. The number of hydrogen-bond acceptors (Lipinski definition) is 3. The molecule has 0 bridgehead atoms. The molecule has 14 heavy (non-hydrogen) atoms. The van der Waals surface area contributed by atoms with Crippen molar-refractivity contribution in [1.29, 1.82) is 0 Å². The summed E-state index contributed by atoms with van der Waals surface area (Å²) in [4.78, 5) is 0. The first kappa shape index (κ1) is 9.52. The van der Waals surface area contributed by atoms with Gasteiger partial charge in [-0.1, -0.05) is 0 Å². The molecule has 1 aromatic rings. The van der Waals surface area contributed by atoms with Crippen LogP contribution in [-0.4, -0.2) is 21.5 Å². The third kappa shape index (κ3) is 2.07. The van der Waals surface area contributed by atoms with Crippen LogP contribution in [0.4, 0.5) is 5.69 Å². The van der Waals surface area contributed by atoms with Crippen LogP contribution in [-0.2, 0) is 11.3 Å². The first-order chi connectivity index (χ1) is 6.55. The lowest BCUT2D eigenvalue weighted by Crippen LogP contribution is -2.23. The smallest absolute Gasteiger partial charge is 0.0779 e. The number of ether oxygens (including phenoxy) is 1. The molecule has 2 heterocycles. The number of aromatic nitrogens is 2. The van der Waals surface area contributed by atoms with Crippen LogP contribution in [0.5, 0.6) is 0 Å². The largest absolute Gasteiger partial charge is 0.396 e. The van der Waals surface area contributed by atoms with Gasteiger partial charge in [0.05, 0.1) is 30.1 Å². The number of nitrogens with two attached hydrogens (primary N) is 1. The SMILES string of the molecule is CC1(C)CCC(Cn2cc(N)cn2)O1. The fourth-order valence-electron chi connectivity index (χ4n) is 1.89. The second-order valence-electron chi connectivity index (χ2n) is 4.53. The van der Waals surface area contributed by atoms with Gasteiger partial charge in [0.25, 0.3) is 0 Å². The van der Waals surface area contributed by atoms with E-state index in [9.17, 15) is 0 Å². The average Bonchev–Trinajstić information content (AvgIpc) is 2.59. The maximum Gasteiger partial charge on any atom is 0.0779 e. The molecule has 1 saturated heterocycles. The summed E-state index contributed by atoms with van der Waals surface area (Å²) in [5.41, 5.74) is 6.32. The van der Waals surface area contributed by atoms with Crippen molar-refractivity contribution in [3.8, 4) is 0 Å². The molecule has 0 amide bonds. The van der Waals surface area contributed by atoms with Crippen LogP contribution in [0.15, 0.2) is 12.4 Å². The van der Waals surface area contributed by atoms with Crippen molar-refractivity contribution >= 4 is 5.69 Å². The van der Waals surface area contributed by atoms with E-state index in [4.69, 9.17) is 10.5 Å². The van der Waals surface area contributed by atoms with Crippen molar-refractivity contribution in [2.24, 2.45) is 0 Å². The molecular formula is C10H17N3O. The molecule has 1 aromatic heterocycles. The monoisotopic (exact) mass is 195 g/mol. The predicted molar refractivity (Wildman–Crippen MR) is 54.8 cm³/mol. The van der Waals surface area contributed by atoms with Crippen LogP contribution in [0.2, 0.25) is 0 Å². The van der Waals surface area contributed by atoms with Crippen molar-refractivity contribution < 1.29 is 4.74 Å². The van der Waals surface area contributed by atoms with Gasteiger partial charge < -0.3 is 10.5 Å². The van der Waals surface area contributed by atoms with Gasteiger partial charge in [0.15, 0.2) is 0 Å². The third-order valence-electron chi connectivity index (χ3n) is 2.60. The zero-order valence-electron chi connectivity index (χ0n) is 8.73. The summed E-state index contributed by atoms with van der Waals surface area (Å²) in [7, 11) is 0. The van der Waals surface area contributed by atoms with Crippen molar-refractivity contribution in [2.45, 2.75) is 44.9 Å². The Bertz CT molecular complexity index is 319. The standard InChI is InChI=1S/C10H17N3O/c1-10(2)4-3-9(14-10)7-13-6-8(11)5-12-13/h5-6,9H,3-4,7,11H2,1-2H3. The Balaban J connectivity index is 1.94. The van der Waals surface area contributed by atoms with Crippen LogP contribution in [0, 0.1) is 0 Å². The minimum atomic E-state index is 0.0311. The Morgan fingerprint density at radius 1 is 1.71 bits per heavy atom. The zero-order valence-corrected chi connectivity index (χ0v) is 8.73. The van der Waals surface area contributed by atoms with E-state index in [0.29, 0.717) is 5.69 Å². The highest BCUT2D eigenvalue weighted by Gasteiger charge is 2.31. The van der Waals surface area contributed by atoms with Gasteiger partial charge in [-0.15, -0.1) is 0 Å². The van der Waals surface area contributed by atoms with E-state index >= 15 is 0 Å². The highest BCUT2D eigenvalue weighted by atomic mass is 16.5. The van der Waals surface area contributed by atoms with Crippen LogP contribution in [0.1, 0.15) is 26.7 Å². The summed E-state index contributed by atoms with van der Waals surface area (Å²) in [6.07, 6.45) is 6.01. The lowest BCUT2D eigenvalue weighted by molar-refractivity contribution is -0.0229. The summed E-state index contributed by atoms with van der Waals surface area (Å²) >= 11 is 0. The lowest BCUT2D eigenvalue weighted by atomic mass is 10.1. The van der Waals surface area contributed by atoms with Crippen LogP contribution in [0.25, 0.3) is 0 Å². The Kier molecular flexibility index (Phi) is 2.23. The topological polar surface area (TPSA) is 53.1 Å². The first-order valence-electron chi connectivity index (χ1n) is 5.01. The molecular weight excluding hydrogens is 178 g/mol. The zero-order chi connectivity index (χ0) is 10.2. The molecule has 0 saturated carbocycles. The lowest BCUT2D eigenvalue weighted by Gasteiger charge is -2.19. The van der Waals surface area contributed by atoms with E-state index in [0.717, 1.165) is 19.4 Å². The van der Waals surface area contributed by atoms with E-state index < -0.39 is 0 Å². The van der Waals surface area contributed by atoms with Crippen molar-refractivity contribution in [1.82, 2.24) is 9.78 Å². The highest BCUT2D eigenvalue weighted by Crippen LogP contribution is 2.29. The molecule has 0 aliphatic carbocycles. The molecule has 78 valence electrons. The molecule has 0 spiro atoms. The number of hydrogen-bond donors (Lipinski definition) is 1. The number of rotatable bonds is 2. The van der Waals surface area contributed by atoms with E-state index in [2.05, 4.69) is 18.9 Å². The summed E-state index contributed by atoms with van der Waals surface area (Å²) in [5.74, 6) is 0. The fourth-order valence-corrected chi connectivity index (χ4v) is 1.89. The van der Waals surface area contributed by atoms with Crippen LogP contribution in [0.3, 0.4) is 0 Å². The summed E-state index contributed by atoms with van der Waals surface area (Å²) in [6.45, 7) is 5.07. The molecule has 1 unspecified atom stereocenters. The van der Waals surface area contributed by atoms with Crippen molar-refractivity contribution in [3.05, 3.63) is 12.4 Å². The maximum atomic E-state index is 5.86. The van der Waals surface area contributed by atoms with Gasteiger partial charge in [0, 0.05) is 6.20 Å². The van der Waals surface area contributed by atoms with E-state index in [1.165, 1.54) is 0 Å². The fraction of sp³-hybridized carbons (Fsp3) is 0.700. The molecule has 1 aliphatic heterocycles. The van der Waals surface area contributed by atoms with Gasteiger partial charge in [-0.2, -0.15) is 5.10 Å². The second-order valence-corrected chi connectivity index (χ2v) is 4.53. The van der Waals surface area contributed by atoms with E-state index in [1.807, 2.05) is 10.9 Å². The minimum absolute atomic E-state index is 0.0311. The summed E-state index contributed by atoms with van der Waals surface area (Å²) in [5, 5.41) is 4.14. The second kappa shape index (κ2) is 3.28. The molecule has 1 atom stereocenters. The van der Waals surface area contributed by atoms with E-state index in [1.54, 1.807) is 6.20 Å². The quantitative estimate of drug-likeness (QED) is 0.776. The van der Waals surface area contributed by atoms with Crippen LogP contribution >= 0.6 is 0 Å². The average molecular weight is 195 g/mol. The maximum absolute atomic E-state index is 5.86. The van der Waals surface area contributed by atoms with Gasteiger partial charge in [-0.25, -0.2) is 0 Å².